The molecule has 0 aliphatic carbocycles. The SMILES string of the molecule is CCS(=O)(=O)CC(C)NCC(F)F. The highest BCUT2D eigenvalue weighted by Gasteiger charge is 2.14. The fourth-order valence-electron chi connectivity index (χ4n) is 0.848. The first-order valence-electron chi connectivity index (χ1n) is 4.09. The first-order valence-corrected chi connectivity index (χ1v) is 5.91. The average Bonchev–Trinajstić information content (AvgIpc) is 2.00. The summed E-state index contributed by atoms with van der Waals surface area (Å²) in [6.07, 6.45) is -2.44. The lowest BCUT2D eigenvalue weighted by Crippen LogP contribution is -2.36. The van der Waals surface area contributed by atoms with Crippen LogP contribution in [0.1, 0.15) is 13.8 Å². The first kappa shape index (κ1) is 12.8. The van der Waals surface area contributed by atoms with Gasteiger partial charge >= 0.3 is 0 Å². The van der Waals surface area contributed by atoms with E-state index in [4.69, 9.17) is 0 Å². The second kappa shape index (κ2) is 5.49. The minimum absolute atomic E-state index is 0.0493. The fourth-order valence-corrected chi connectivity index (χ4v) is 1.96. The van der Waals surface area contributed by atoms with Crippen molar-refractivity contribution in [3.05, 3.63) is 0 Å². The van der Waals surface area contributed by atoms with Crippen molar-refractivity contribution < 1.29 is 17.2 Å². The van der Waals surface area contributed by atoms with E-state index in [9.17, 15) is 17.2 Å². The van der Waals surface area contributed by atoms with Crippen LogP contribution in [0.15, 0.2) is 0 Å². The minimum Gasteiger partial charge on any atom is -0.308 e. The molecule has 1 atom stereocenters. The largest absolute Gasteiger partial charge is 0.308 e. The van der Waals surface area contributed by atoms with E-state index >= 15 is 0 Å². The Morgan fingerprint density at radius 2 is 1.92 bits per heavy atom. The van der Waals surface area contributed by atoms with E-state index in [0.29, 0.717) is 0 Å². The monoisotopic (exact) mass is 215 g/mol. The van der Waals surface area contributed by atoms with Crippen molar-refractivity contribution in [2.75, 3.05) is 18.1 Å². The van der Waals surface area contributed by atoms with Crippen LogP contribution >= 0.6 is 0 Å². The summed E-state index contributed by atoms with van der Waals surface area (Å²) in [4.78, 5) is 0. The van der Waals surface area contributed by atoms with Crippen LogP contribution in [-0.2, 0) is 9.84 Å². The topological polar surface area (TPSA) is 46.2 Å². The van der Waals surface area contributed by atoms with Crippen LogP contribution in [0.3, 0.4) is 0 Å². The maximum Gasteiger partial charge on any atom is 0.250 e. The summed E-state index contributed by atoms with van der Waals surface area (Å²) in [5.41, 5.74) is 0. The summed E-state index contributed by atoms with van der Waals surface area (Å²) in [5, 5.41) is 2.44. The lowest BCUT2D eigenvalue weighted by Gasteiger charge is -2.12. The van der Waals surface area contributed by atoms with E-state index in [-0.39, 0.29) is 11.5 Å². The Morgan fingerprint density at radius 3 is 2.31 bits per heavy atom. The van der Waals surface area contributed by atoms with Gasteiger partial charge in [0, 0.05) is 11.8 Å². The Morgan fingerprint density at radius 1 is 1.38 bits per heavy atom. The Balaban J connectivity index is 3.81. The van der Waals surface area contributed by atoms with Crippen LogP contribution in [0.25, 0.3) is 0 Å². The summed E-state index contributed by atoms with van der Waals surface area (Å²) >= 11 is 0. The molecule has 0 aromatic heterocycles. The van der Waals surface area contributed by atoms with Gasteiger partial charge in [-0.1, -0.05) is 6.92 Å². The third-order valence-electron chi connectivity index (χ3n) is 1.56. The molecule has 0 amide bonds. The summed E-state index contributed by atoms with van der Waals surface area (Å²) < 4.78 is 45.4. The van der Waals surface area contributed by atoms with E-state index in [1.165, 1.54) is 6.92 Å². The highest BCUT2D eigenvalue weighted by atomic mass is 32.2. The molecule has 0 radical (unpaired) electrons. The second-order valence-electron chi connectivity index (χ2n) is 2.90. The van der Waals surface area contributed by atoms with E-state index in [1.807, 2.05) is 0 Å². The van der Waals surface area contributed by atoms with Crippen LogP contribution in [0.4, 0.5) is 8.78 Å². The molecule has 1 unspecified atom stereocenters. The summed E-state index contributed by atoms with van der Waals surface area (Å²) in [7, 11) is -3.07. The molecule has 1 N–H and O–H groups in total. The average molecular weight is 215 g/mol. The lowest BCUT2D eigenvalue weighted by atomic mass is 10.4. The van der Waals surface area contributed by atoms with Gasteiger partial charge in [0.25, 0.3) is 6.43 Å². The Bertz CT molecular complexity index is 229. The number of nitrogens with one attached hydrogen (secondary N) is 1. The normalized spacial score (nSPS) is 14.8. The Kier molecular flexibility index (Phi) is 5.39. The third-order valence-corrected chi connectivity index (χ3v) is 3.45. The zero-order valence-corrected chi connectivity index (χ0v) is 8.57. The van der Waals surface area contributed by atoms with Crippen LogP contribution in [0.5, 0.6) is 0 Å². The number of rotatable bonds is 6. The molecule has 13 heavy (non-hydrogen) atoms. The number of hydrogen-bond donors (Lipinski definition) is 1. The maximum atomic E-state index is 11.7. The summed E-state index contributed by atoms with van der Waals surface area (Å²) in [6, 6.07) is -0.418. The predicted molar refractivity (Wildman–Crippen MR) is 47.8 cm³/mol. The summed E-state index contributed by atoms with van der Waals surface area (Å²) in [5.74, 6) is -0.0378. The van der Waals surface area contributed by atoms with E-state index in [0.717, 1.165) is 0 Å². The molecule has 0 aromatic carbocycles. The zero-order chi connectivity index (χ0) is 10.5. The molecular formula is C7H15F2NO2S. The van der Waals surface area contributed by atoms with Gasteiger partial charge in [0.2, 0.25) is 0 Å². The van der Waals surface area contributed by atoms with Crippen LogP contribution < -0.4 is 5.32 Å². The second-order valence-corrected chi connectivity index (χ2v) is 5.30. The molecule has 3 nitrogen and oxygen atoms in total. The van der Waals surface area contributed by atoms with Crippen LogP contribution in [0.2, 0.25) is 0 Å². The number of hydrogen-bond acceptors (Lipinski definition) is 3. The van der Waals surface area contributed by atoms with Crippen molar-refractivity contribution in [1.29, 1.82) is 0 Å². The molecule has 0 rings (SSSR count). The van der Waals surface area contributed by atoms with Gasteiger partial charge in [-0.05, 0) is 6.92 Å². The molecule has 0 spiro atoms. The van der Waals surface area contributed by atoms with E-state index in [2.05, 4.69) is 5.32 Å². The van der Waals surface area contributed by atoms with Gasteiger partial charge in [-0.25, -0.2) is 17.2 Å². The van der Waals surface area contributed by atoms with Gasteiger partial charge in [0.1, 0.15) is 0 Å². The number of sulfone groups is 1. The molecule has 80 valence electrons. The molecule has 0 aliphatic heterocycles. The zero-order valence-electron chi connectivity index (χ0n) is 7.76. The molecule has 0 fully saturated rings. The van der Waals surface area contributed by atoms with Crippen molar-refractivity contribution in [2.45, 2.75) is 26.3 Å². The number of halogens is 2. The van der Waals surface area contributed by atoms with Gasteiger partial charge in [0.15, 0.2) is 9.84 Å². The minimum atomic E-state index is -3.07. The molecule has 0 aliphatic rings. The fraction of sp³-hybridized carbons (Fsp3) is 1.00. The Labute approximate surface area is 77.4 Å². The standard InChI is InChI=1S/C7H15F2NO2S/c1-3-13(11,12)5-6(2)10-4-7(8)9/h6-7,10H,3-5H2,1-2H3. The molecule has 6 heteroatoms. The van der Waals surface area contributed by atoms with Crippen molar-refractivity contribution in [3.8, 4) is 0 Å². The van der Waals surface area contributed by atoms with E-state index in [1.54, 1.807) is 6.92 Å². The van der Waals surface area contributed by atoms with Gasteiger partial charge in [-0.15, -0.1) is 0 Å². The number of alkyl halides is 2. The molecule has 0 saturated heterocycles. The lowest BCUT2D eigenvalue weighted by molar-refractivity contribution is 0.143. The highest BCUT2D eigenvalue weighted by Crippen LogP contribution is 1.96. The predicted octanol–water partition coefficient (Wildman–Crippen LogP) is 0.664. The van der Waals surface area contributed by atoms with Crippen molar-refractivity contribution in [1.82, 2.24) is 5.32 Å². The van der Waals surface area contributed by atoms with Gasteiger partial charge in [-0.3, -0.25) is 0 Å². The van der Waals surface area contributed by atoms with Gasteiger partial charge in [-0.2, -0.15) is 0 Å². The van der Waals surface area contributed by atoms with Crippen LogP contribution in [0, 0.1) is 0 Å². The smallest absolute Gasteiger partial charge is 0.250 e. The van der Waals surface area contributed by atoms with E-state index < -0.39 is 28.8 Å². The van der Waals surface area contributed by atoms with Crippen molar-refractivity contribution >= 4 is 9.84 Å². The molecule has 0 heterocycles. The van der Waals surface area contributed by atoms with Gasteiger partial charge in [0.05, 0.1) is 12.3 Å². The first-order chi connectivity index (χ1) is 5.87. The quantitative estimate of drug-likeness (QED) is 0.708. The Hall–Kier alpha value is -0.230. The maximum absolute atomic E-state index is 11.7. The third kappa shape index (κ3) is 6.89. The summed E-state index contributed by atoms with van der Waals surface area (Å²) in [6.45, 7) is 2.66. The molecule has 0 aromatic rings. The van der Waals surface area contributed by atoms with Crippen molar-refractivity contribution in [3.63, 3.8) is 0 Å². The molecule has 0 saturated carbocycles. The van der Waals surface area contributed by atoms with Crippen LogP contribution in [-0.4, -0.2) is 38.9 Å². The molecule has 0 bridgehead atoms. The van der Waals surface area contributed by atoms with Gasteiger partial charge < -0.3 is 5.32 Å². The molecular weight excluding hydrogens is 200 g/mol. The highest BCUT2D eigenvalue weighted by molar-refractivity contribution is 7.91. The van der Waals surface area contributed by atoms with Crippen molar-refractivity contribution in [2.24, 2.45) is 0 Å².